The quantitative estimate of drug-likeness (QED) is 0.739. The molecular formula is C12H17N3O2. The fraction of sp³-hybridized carbons (Fsp3) is 0.583. The van der Waals surface area contributed by atoms with Crippen molar-refractivity contribution in [1.82, 2.24) is 10.2 Å². The minimum atomic E-state index is -0.202. The van der Waals surface area contributed by atoms with E-state index in [-0.39, 0.29) is 12.0 Å². The van der Waals surface area contributed by atoms with Gasteiger partial charge in [-0.15, -0.1) is 5.10 Å². The Hall–Kier alpha value is -1.65. The molecule has 5 heteroatoms. The summed E-state index contributed by atoms with van der Waals surface area (Å²) in [5, 5.41) is 8.14. The van der Waals surface area contributed by atoms with Crippen LogP contribution in [0, 0.1) is 6.92 Å². The van der Waals surface area contributed by atoms with E-state index in [1.54, 1.807) is 0 Å². The van der Waals surface area contributed by atoms with Gasteiger partial charge in [0.1, 0.15) is 6.04 Å². The molecule has 2 rings (SSSR count). The first-order chi connectivity index (χ1) is 8.22. The number of aromatic nitrogens is 2. The third kappa shape index (κ3) is 2.54. The number of aryl methyl sites for hydroxylation is 1. The number of anilines is 1. The number of rotatable bonds is 3. The average Bonchev–Trinajstić information content (AvgIpc) is 2.79. The summed E-state index contributed by atoms with van der Waals surface area (Å²) in [7, 11) is 0. The summed E-state index contributed by atoms with van der Waals surface area (Å²) in [6.45, 7) is 4.97. The monoisotopic (exact) mass is 235 g/mol. The summed E-state index contributed by atoms with van der Waals surface area (Å²) < 4.78 is 5.07. The Balaban J connectivity index is 2.14. The summed E-state index contributed by atoms with van der Waals surface area (Å²) in [5.74, 6) is 0.596. The van der Waals surface area contributed by atoms with Crippen molar-refractivity contribution in [1.29, 1.82) is 0 Å². The lowest BCUT2D eigenvalue weighted by Gasteiger charge is -2.23. The zero-order valence-corrected chi connectivity index (χ0v) is 10.2. The van der Waals surface area contributed by atoms with Crippen LogP contribution in [0.1, 0.15) is 25.5 Å². The van der Waals surface area contributed by atoms with E-state index < -0.39 is 0 Å². The standard InChI is InChI=1S/C12H17N3O2/c1-3-17-12(16)10-5-4-8-15(10)11-7-6-9(2)13-14-11/h6-7,10H,3-5,8H2,1-2H3. The molecule has 1 aliphatic rings. The van der Waals surface area contributed by atoms with Gasteiger partial charge in [-0.05, 0) is 38.8 Å². The van der Waals surface area contributed by atoms with Gasteiger partial charge in [0, 0.05) is 6.54 Å². The first-order valence-corrected chi connectivity index (χ1v) is 5.96. The van der Waals surface area contributed by atoms with Crippen LogP contribution < -0.4 is 4.90 Å². The third-order valence-electron chi connectivity index (χ3n) is 2.89. The van der Waals surface area contributed by atoms with Gasteiger partial charge in [0.2, 0.25) is 0 Å². The number of nitrogens with zero attached hydrogens (tertiary/aromatic N) is 3. The van der Waals surface area contributed by atoms with E-state index >= 15 is 0 Å². The highest BCUT2D eigenvalue weighted by Crippen LogP contribution is 2.24. The second kappa shape index (κ2) is 5.12. The van der Waals surface area contributed by atoms with E-state index in [0.717, 1.165) is 30.9 Å². The molecule has 0 aliphatic carbocycles. The predicted octanol–water partition coefficient (Wildman–Crippen LogP) is 1.32. The number of carbonyl (C=O) groups excluding carboxylic acids is 1. The van der Waals surface area contributed by atoms with E-state index in [9.17, 15) is 4.79 Å². The van der Waals surface area contributed by atoms with Crippen LogP contribution in [0.5, 0.6) is 0 Å². The van der Waals surface area contributed by atoms with E-state index in [1.165, 1.54) is 0 Å². The Bertz CT molecular complexity index is 391. The molecule has 1 atom stereocenters. The first kappa shape index (κ1) is 11.8. The maximum absolute atomic E-state index is 11.8. The Labute approximate surface area is 101 Å². The van der Waals surface area contributed by atoms with Crippen LogP contribution >= 0.6 is 0 Å². The van der Waals surface area contributed by atoms with Gasteiger partial charge in [0.25, 0.3) is 0 Å². The molecule has 0 N–H and O–H groups in total. The first-order valence-electron chi connectivity index (χ1n) is 5.96. The molecule has 0 spiro atoms. The van der Waals surface area contributed by atoms with Crippen molar-refractivity contribution in [3.8, 4) is 0 Å². The van der Waals surface area contributed by atoms with E-state index in [1.807, 2.05) is 30.9 Å². The smallest absolute Gasteiger partial charge is 0.328 e. The van der Waals surface area contributed by atoms with Crippen molar-refractivity contribution in [2.45, 2.75) is 32.7 Å². The highest BCUT2D eigenvalue weighted by Gasteiger charge is 2.32. The van der Waals surface area contributed by atoms with E-state index in [0.29, 0.717) is 6.61 Å². The molecule has 0 aromatic carbocycles. The van der Waals surface area contributed by atoms with Crippen LogP contribution in [0.15, 0.2) is 12.1 Å². The van der Waals surface area contributed by atoms with Crippen LogP contribution in [0.4, 0.5) is 5.82 Å². The molecule has 1 fully saturated rings. The molecule has 1 aromatic heterocycles. The molecular weight excluding hydrogens is 218 g/mol. The fourth-order valence-electron chi connectivity index (χ4n) is 2.07. The number of carbonyl (C=O) groups is 1. The normalized spacial score (nSPS) is 19.4. The zero-order chi connectivity index (χ0) is 12.3. The minimum absolute atomic E-state index is 0.160. The molecule has 1 aromatic rings. The van der Waals surface area contributed by atoms with Crippen molar-refractivity contribution >= 4 is 11.8 Å². The molecule has 17 heavy (non-hydrogen) atoms. The van der Waals surface area contributed by atoms with Crippen LogP contribution in [0.2, 0.25) is 0 Å². The van der Waals surface area contributed by atoms with Crippen molar-refractivity contribution in [3.05, 3.63) is 17.8 Å². The second-order valence-corrected chi connectivity index (χ2v) is 4.14. The summed E-state index contributed by atoms with van der Waals surface area (Å²) in [6.07, 6.45) is 1.81. The highest BCUT2D eigenvalue weighted by atomic mass is 16.5. The minimum Gasteiger partial charge on any atom is -0.464 e. The van der Waals surface area contributed by atoms with Gasteiger partial charge in [-0.1, -0.05) is 0 Å². The van der Waals surface area contributed by atoms with Crippen LogP contribution in [0.3, 0.4) is 0 Å². The molecule has 0 radical (unpaired) electrons. The predicted molar refractivity (Wildman–Crippen MR) is 63.8 cm³/mol. The molecule has 92 valence electrons. The number of hydrogen-bond acceptors (Lipinski definition) is 5. The van der Waals surface area contributed by atoms with Gasteiger partial charge >= 0.3 is 5.97 Å². The number of ether oxygens (including phenoxy) is 1. The third-order valence-corrected chi connectivity index (χ3v) is 2.89. The molecule has 2 heterocycles. The molecule has 0 amide bonds. The lowest BCUT2D eigenvalue weighted by Crippen LogP contribution is -2.38. The summed E-state index contributed by atoms with van der Waals surface area (Å²) >= 11 is 0. The Morgan fingerprint density at radius 1 is 1.53 bits per heavy atom. The largest absolute Gasteiger partial charge is 0.464 e. The lowest BCUT2D eigenvalue weighted by molar-refractivity contribution is -0.144. The van der Waals surface area contributed by atoms with Gasteiger partial charge < -0.3 is 9.64 Å². The van der Waals surface area contributed by atoms with Gasteiger partial charge in [0.15, 0.2) is 5.82 Å². The van der Waals surface area contributed by atoms with Gasteiger partial charge in [-0.3, -0.25) is 0 Å². The van der Waals surface area contributed by atoms with Gasteiger partial charge in [-0.25, -0.2) is 4.79 Å². The molecule has 0 saturated carbocycles. The molecule has 1 saturated heterocycles. The summed E-state index contributed by atoms with van der Waals surface area (Å²) in [4.78, 5) is 13.8. The van der Waals surface area contributed by atoms with Gasteiger partial charge in [-0.2, -0.15) is 5.10 Å². The van der Waals surface area contributed by atoms with Crippen molar-refractivity contribution < 1.29 is 9.53 Å². The second-order valence-electron chi connectivity index (χ2n) is 4.14. The highest BCUT2D eigenvalue weighted by molar-refractivity contribution is 5.80. The van der Waals surface area contributed by atoms with Crippen molar-refractivity contribution in [2.75, 3.05) is 18.1 Å². The fourth-order valence-corrected chi connectivity index (χ4v) is 2.07. The van der Waals surface area contributed by atoms with Crippen LogP contribution in [-0.4, -0.2) is 35.4 Å². The topological polar surface area (TPSA) is 55.3 Å². The summed E-state index contributed by atoms with van der Waals surface area (Å²) in [6, 6.07) is 3.61. The van der Waals surface area contributed by atoms with Crippen molar-refractivity contribution in [3.63, 3.8) is 0 Å². The Morgan fingerprint density at radius 2 is 2.35 bits per heavy atom. The Kier molecular flexibility index (Phi) is 3.56. The molecule has 0 bridgehead atoms. The zero-order valence-electron chi connectivity index (χ0n) is 10.2. The number of hydrogen-bond donors (Lipinski definition) is 0. The lowest BCUT2D eigenvalue weighted by atomic mass is 10.2. The Morgan fingerprint density at radius 3 is 3.00 bits per heavy atom. The molecule has 5 nitrogen and oxygen atoms in total. The molecule has 1 unspecified atom stereocenters. The SMILES string of the molecule is CCOC(=O)C1CCCN1c1ccc(C)nn1. The maximum Gasteiger partial charge on any atom is 0.328 e. The van der Waals surface area contributed by atoms with E-state index in [2.05, 4.69) is 10.2 Å². The van der Waals surface area contributed by atoms with Crippen molar-refractivity contribution in [2.24, 2.45) is 0 Å². The average molecular weight is 235 g/mol. The van der Waals surface area contributed by atoms with Crippen LogP contribution in [-0.2, 0) is 9.53 Å². The van der Waals surface area contributed by atoms with E-state index in [4.69, 9.17) is 4.74 Å². The molecule has 1 aliphatic heterocycles. The maximum atomic E-state index is 11.8. The number of esters is 1. The van der Waals surface area contributed by atoms with Crippen LogP contribution in [0.25, 0.3) is 0 Å². The summed E-state index contributed by atoms with van der Waals surface area (Å²) in [5.41, 5.74) is 0.876. The van der Waals surface area contributed by atoms with Gasteiger partial charge in [0.05, 0.1) is 12.3 Å².